The molecule has 0 aromatic carbocycles. The second-order valence-electron chi connectivity index (χ2n) is 4.76. The van der Waals surface area contributed by atoms with Crippen LogP contribution in [0.15, 0.2) is 35.5 Å². The summed E-state index contributed by atoms with van der Waals surface area (Å²) in [6.07, 6.45) is 1.81. The molecule has 1 saturated heterocycles. The first-order chi connectivity index (χ1) is 9.65. The molecule has 1 aliphatic heterocycles. The highest BCUT2D eigenvalue weighted by molar-refractivity contribution is 9.11. The summed E-state index contributed by atoms with van der Waals surface area (Å²) in [5, 5.41) is 2.83. The zero-order valence-corrected chi connectivity index (χ0v) is 13.0. The van der Waals surface area contributed by atoms with Crippen LogP contribution in [-0.4, -0.2) is 53.5 Å². The number of halogens is 1. The van der Waals surface area contributed by atoms with Crippen LogP contribution in [0.3, 0.4) is 0 Å². The fraction of sp³-hybridized carbons (Fsp3) is 0.429. The molecule has 1 fully saturated rings. The zero-order valence-electron chi connectivity index (χ0n) is 11.4. The molecule has 0 atom stereocenters. The minimum Gasteiger partial charge on any atom is -0.333 e. The summed E-state index contributed by atoms with van der Waals surface area (Å²) >= 11 is 3.23. The summed E-state index contributed by atoms with van der Waals surface area (Å²) in [6.45, 7) is 8.24. The Morgan fingerprint density at radius 2 is 2.10 bits per heavy atom. The van der Waals surface area contributed by atoms with Crippen molar-refractivity contribution in [2.75, 3.05) is 32.7 Å². The lowest BCUT2D eigenvalue weighted by atomic mass is 10.3. The molecule has 2 rings (SSSR count). The van der Waals surface area contributed by atoms with Gasteiger partial charge in [-0.1, -0.05) is 28.6 Å². The van der Waals surface area contributed by atoms with Crippen LogP contribution in [0, 0.1) is 0 Å². The number of piperazine rings is 1. The molecular weight excluding hydrogens is 320 g/mol. The van der Waals surface area contributed by atoms with E-state index in [0.717, 1.165) is 42.9 Å². The number of nitrogens with zero attached hydrogens (tertiary/aromatic N) is 3. The Labute approximate surface area is 127 Å². The fourth-order valence-electron chi connectivity index (χ4n) is 2.11. The minimum absolute atomic E-state index is 0.0249. The number of rotatable bonds is 4. The van der Waals surface area contributed by atoms with Crippen LogP contribution in [0.1, 0.15) is 5.69 Å². The maximum atomic E-state index is 11.9. The van der Waals surface area contributed by atoms with Gasteiger partial charge in [0.15, 0.2) is 0 Å². The number of nitrogens with one attached hydrogen (secondary N) is 1. The maximum Gasteiger partial charge on any atom is 0.317 e. The van der Waals surface area contributed by atoms with Crippen LogP contribution in [0.5, 0.6) is 0 Å². The van der Waals surface area contributed by atoms with Crippen molar-refractivity contribution in [1.29, 1.82) is 0 Å². The van der Waals surface area contributed by atoms with Crippen molar-refractivity contribution in [3.8, 4) is 0 Å². The third-order valence-corrected chi connectivity index (χ3v) is 3.48. The van der Waals surface area contributed by atoms with Crippen molar-refractivity contribution >= 4 is 22.0 Å². The Morgan fingerprint density at radius 3 is 2.70 bits per heavy atom. The summed E-state index contributed by atoms with van der Waals surface area (Å²) in [5.74, 6) is 0. The Hall–Kier alpha value is -1.40. The molecule has 0 unspecified atom stereocenters. The summed E-state index contributed by atoms with van der Waals surface area (Å²) < 4.78 is 0.777. The Kier molecular flexibility index (Phi) is 5.55. The van der Waals surface area contributed by atoms with E-state index in [-0.39, 0.29) is 6.03 Å². The number of urea groups is 1. The van der Waals surface area contributed by atoms with Gasteiger partial charge in [0.2, 0.25) is 0 Å². The number of carbonyl (C=O) groups excluding carboxylic acids is 1. The smallest absolute Gasteiger partial charge is 0.317 e. The van der Waals surface area contributed by atoms with Gasteiger partial charge in [-0.3, -0.25) is 9.88 Å². The molecule has 5 nitrogen and oxygen atoms in total. The van der Waals surface area contributed by atoms with Crippen molar-refractivity contribution in [2.45, 2.75) is 6.54 Å². The van der Waals surface area contributed by atoms with Crippen molar-refractivity contribution < 1.29 is 4.79 Å². The molecule has 1 aromatic rings. The van der Waals surface area contributed by atoms with Crippen LogP contribution in [-0.2, 0) is 6.54 Å². The van der Waals surface area contributed by atoms with E-state index in [0.29, 0.717) is 6.54 Å². The molecule has 1 N–H and O–H groups in total. The predicted molar refractivity (Wildman–Crippen MR) is 82.6 cm³/mol. The number of aromatic nitrogens is 1. The maximum absolute atomic E-state index is 11.9. The molecule has 0 bridgehead atoms. The first kappa shape index (κ1) is 15.0. The van der Waals surface area contributed by atoms with E-state index in [1.54, 1.807) is 0 Å². The van der Waals surface area contributed by atoms with Crippen LogP contribution < -0.4 is 5.32 Å². The Balaban J connectivity index is 1.75. The average Bonchev–Trinajstić information content (AvgIpc) is 2.46. The van der Waals surface area contributed by atoms with Crippen LogP contribution in [0.4, 0.5) is 4.79 Å². The lowest BCUT2D eigenvalue weighted by Crippen LogP contribution is -2.51. The molecule has 2 amide bonds. The standard InChI is InChI=1S/C14H19BrN4O/c1-12(15)10-17-14(20)19-8-6-18(7-9-19)11-13-4-2-3-5-16-13/h2-5H,1,6-11H2,(H,17,20). The van der Waals surface area contributed by atoms with Crippen LogP contribution in [0.2, 0.25) is 0 Å². The van der Waals surface area contributed by atoms with Gasteiger partial charge in [0.05, 0.1) is 12.2 Å². The topological polar surface area (TPSA) is 48.5 Å². The molecule has 1 aliphatic rings. The monoisotopic (exact) mass is 338 g/mol. The number of carbonyl (C=O) groups is 1. The van der Waals surface area contributed by atoms with Crippen LogP contribution in [0.25, 0.3) is 0 Å². The number of pyridine rings is 1. The highest BCUT2D eigenvalue weighted by Gasteiger charge is 2.20. The van der Waals surface area contributed by atoms with Gasteiger partial charge in [-0.2, -0.15) is 0 Å². The van der Waals surface area contributed by atoms with Gasteiger partial charge in [0, 0.05) is 43.4 Å². The number of hydrogen-bond donors (Lipinski definition) is 1. The molecule has 6 heteroatoms. The van der Waals surface area contributed by atoms with E-state index >= 15 is 0 Å². The van der Waals surface area contributed by atoms with Crippen molar-refractivity contribution in [3.05, 3.63) is 41.2 Å². The molecule has 0 aliphatic carbocycles. The third kappa shape index (κ3) is 4.61. The zero-order chi connectivity index (χ0) is 14.4. The fourth-order valence-corrected chi connectivity index (χ4v) is 2.25. The van der Waals surface area contributed by atoms with E-state index in [2.05, 4.69) is 37.7 Å². The van der Waals surface area contributed by atoms with Gasteiger partial charge in [0.25, 0.3) is 0 Å². The highest BCUT2D eigenvalue weighted by atomic mass is 79.9. The van der Waals surface area contributed by atoms with Gasteiger partial charge in [-0.05, 0) is 12.1 Å². The summed E-state index contributed by atoms with van der Waals surface area (Å²) in [5.41, 5.74) is 1.07. The Morgan fingerprint density at radius 1 is 1.35 bits per heavy atom. The molecule has 108 valence electrons. The normalized spacial score (nSPS) is 15.9. The predicted octanol–water partition coefficient (Wildman–Crippen LogP) is 1.82. The molecule has 2 heterocycles. The molecule has 0 spiro atoms. The molecule has 0 radical (unpaired) electrons. The van der Waals surface area contributed by atoms with E-state index < -0.39 is 0 Å². The highest BCUT2D eigenvalue weighted by Crippen LogP contribution is 2.07. The van der Waals surface area contributed by atoms with Crippen molar-refractivity contribution in [2.24, 2.45) is 0 Å². The second kappa shape index (κ2) is 7.40. The lowest BCUT2D eigenvalue weighted by molar-refractivity contribution is 0.135. The number of amides is 2. The summed E-state index contributed by atoms with van der Waals surface area (Å²) in [4.78, 5) is 20.4. The average molecular weight is 339 g/mol. The Bertz CT molecular complexity index is 458. The van der Waals surface area contributed by atoms with E-state index in [9.17, 15) is 4.79 Å². The molecule has 20 heavy (non-hydrogen) atoms. The first-order valence-corrected chi connectivity index (χ1v) is 7.43. The van der Waals surface area contributed by atoms with Gasteiger partial charge < -0.3 is 10.2 Å². The minimum atomic E-state index is -0.0249. The molecule has 0 saturated carbocycles. The number of hydrogen-bond acceptors (Lipinski definition) is 3. The lowest BCUT2D eigenvalue weighted by Gasteiger charge is -2.34. The summed E-state index contributed by atoms with van der Waals surface area (Å²) in [6, 6.07) is 5.92. The second-order valence-corrected chi connectivity index (χ2v) is 5.88. The van der Waals surface area contributed by atoms with Crippen molar-refractivity contribution in [1.82, 2.24) is 20.1 Å². The van der Waals surface area contributed by atoms with Gasteiger partial charge in [0.1, 0.15) is 0 Å². The third-order valence-electron chi connectivity index (χ3n) is 3.20. The molecule has 1 aromatic heterocycles. The summed E-state index contributed by atoms with van der Waals surface area (Å²) in [7, 11) is 0. The SMILES string of the molecule is C=C(Br)CNC(=O)N1CCN(Cc2ccccn2)CC1. The van der Waals surface area contributed by atoms with Gasteiger partial charge in [-0.15, -0.1) is 0 Å². The van der Waals surface area contributed by atoms with Gasteiger partial charge >= 0.3 is 6.03 Å². The first-order valence-electron chi connectivity index (χ1n) is 6.63. The van der Waals surface area contributed by atoms with Crippen molar-refractivity contribution in [3.63, 3.8) is 0 Å². The largest absolute Gasteiger partial charge is 0.333 e. The van der Waals surface area contributed by atoms with Crippen LogP contribution >= 0.6 is 15.9 Å². The van der Waals surface area contributed by atoms with E-state index in [4.69, 9.17) is 0 Å². The quantitative estimate of drug-likeness (QED) is 0.910. The van der Waals surface area contributed by atoms with E-state index in [1.807, 2.05) is 29.3 Å². The molecular formula is C14H19BrN4O. The van der Waals surface area contributed by atoms with Gasteiger partial charge in [-0.25, -0.2) is 4.79 Å². The van der Waals surface area contributed by atoms with E-state index in [1.165, 1.54) is 0 Å².